The number of carbonyl (C=O) groups is 2. The number of rotatable bonds is 5. The average molecular weight is 202 g/mol. The van der Waals surface area contributed by atoms with Crippen molar-refractivity contribution in [2.24, 2.45) is 0 Å². The second kappa shape index (κ2) is 4.95. The quantitative estimate of drug-likeness (QED) is 0.654. The number of nitrogens with zero attached hydrogens (tertiary/aromatic N) is 1. The molecule has 0 radical (unpaired) electrons. The second-order valence-corrected chi connectivity index (χ2v) is 3.77. The summed E-state index contributed by atoms with van der Waals surface area (Å²) in [7, 11) is 1.72. The highest BCUT2D eigenvalue weighted by Gasteiger charge is 2.31. The van der Waals surface area contributed by atoms with E-state index in [9.17, 15) is 9.59 Å². The third-order valence-corrected chi connectivity index (χ3v) is 2.30. The van der Waals surface area contributed by atoms with Crippen LogP contribution in [0.2, 0.25) is 0 Å². The maximum atomic E-state index is 10.8. The summed E-state index contributed by atoms with van der Waals surface area (Å²) >= 11 is 0. The van der Waals surface area contributed by atoms with Crippen LogP contribution in [-0.4, -0.2) is 47.6 Å². The number of carboxylic acid groups (broad SMARTS) is 1. The van der Waals surface area contributed by atoms with E-state index in [1.165, 1.54) is 6.92 Å². The molecule has 0 aliphatic rings. The van der Waals surface area contributed by atoms with Crippen molar-refractivity contribution in [3.8, 4) is 0 Å². The van der Waals surface area contributed by atoms with Crippen molar-refractivity contribution in [3.05, 3.63) is 0 Å². The fourth-order valence-corrected chi connectivity index (χ4v) is 0.842. The number of nitrogens with one attached hydrogen (secondary N) is 1. The summed E-state index contributed by atoms with van der Waals surface area (Å²) in [5.74, 6) is -0.977. The Balaban J connectivity index is 4.01. The highest BCUT2D eigenvalue weighted by molar-refractivity contribution is 5.77. The predicted molar refractivity (Wildman–Crippen MR) is 53.0 cm³/mol. The van der Waals surface area contributed by atoms with E-state index in [1.54, 1.807) is 25.8 Å². The first-order chi connectivity index (χ1) is 6.28. The molecular weight excluding hydrogens is 184 g/mol. The smallest absolute Gasteiger partial charge is 0.323 e. The Bertz CT molecular complexity index is 226. The lowest BCUT2D eigenvalue weighted by Crippen LogP contribution is -2.50. The normalized spacial score (nSPS) is 11.5. The van der Waals surface area contributed by atoms with E-state index in [4.69, 9.17) is 5.11 Å². The maximum Gasteiger partial charge on any atom is 0.323 e. The minimum atomic E-state index is -0.904. The third kappa shape index (κ3) is 3.74. The first kappa shape index (κ1) is 12.9. The van der Waals surface area contributed by atoms with Crippen LogP contribution in [0.25, 0.3) is 0 Å². The Morgan fingerprint density at radius 3 is 2.29 bits per heavy atom. The lowest BCUT2D eigenvalue weighted by molar-refractivity contribution is -0.148. The summed E-state index contributed by atoms with van der Waals surface area (Å²) in [6.45, 7) is 5.66. The topological polar surface area (TPSA) is 69.6 Å². The van der Waals surface area contributed by atoms with Crippen LogP contribution < -0.4 is 5.32 Å². The zero-order valence-electron chi connectivity index (χ0n) is 9.13. The summed E-state index contributed by atoms with van der Waals surface area (Å²) in [6.07, 6.45) is 0. The summed E-state index contributed by atoms with van der Waals surface area (Å²) in [5, 5.41) is 11.5. The highest BCUT2D eigenvalue weighted by atomic mass is 16.4. The number of hydrogen-bond acceptors (Lipinski definition) is 3. The van der Waals surface area contributed by atoms with Gasteiger partial charge in [-0.05, 0) is 20.9 Å². The highest BCUT2D eigenvalue weighted by Crippen LogP contribution is 2.10. The van der Waals surface area contributed by atoms with Crippen LogP contribution in [0.5, 0.6) is 0 Å². The van der Waals surface area contributed by atoms with Crippen molar-refractivity contribution in [2.75, 3.05) is 20.1 Å². The van der Waals surface area contributed by atoms with Crippen molar-refractivity contribution in [1.82, 2.24) is 10.2 Å². The SMILES string of the molecule is CC(=O)NCCN(C)C(C)(C)C(=O)O. The molecule has 0 bridgehead atoms. The molecule has 0 aliphatic heterocycles. The Hall–Kier alpha value is -1.10. The van der Waals surface area contributed by atoms with Crippen molar-refractivity contribution < 1.29 is 14.7 Å². The molecule has 5 nitrogen and oxygen atoms in total. The van der Waals surface area contributed by atoms with Crippen LogP contribution in [0.15, 0.2) is 0 Å². The molecule has 14 heavy (non-hydrogen) atoms. The summed E-state index contributed by atoms with van der Waals surface area (Å²) in [6, 6.07) is 0. The first-order valence-corrected chi connectivity index (χ1v) is 4.47. The van der Waals surface area contributed by atoms with Gasteiger partial charge in [0.25, 0.3) is 0 Å². The number of aliphatic carboxylic acids is 1. The summed E-state index contributed by atoms with van der Waals surface area (Å²) in [4.78, 5) is 23.1. The van der Waals surface area contributed by atoms with Crippen LogP contribution in [-0.2, 0) is 9.59 Å². The lowest BCUT2D eigenvalue weighted by atomic mass is 10.0. The Kier molecular flexibility index (Phi) is 4.56. The van der Waals surface area contributed by atoms with Gasteiger partial charge in [0.1, 0.15) is 5.54 Å². The Morgan fingerprint density at radius 2 is 1.93 bits per heavy atom. The number of hydrogen-bond donors (Lipinski definition) is 2. The molecular formula is C9H18N2O3. The molecule has 0 unspecified atom stereocenters. The van der Waals surface area contributed by atoms with E-state index >= 15 is 0 Å². The molecule has 0 fully saturated rings. The average Bonchev–Trinajstić information content (AvgIpc) is 2.02. The van der Waals surface area contributed by atoms with Crippen LogP contribution >= 0.6 is 0 Å². The summed E-state index contributed by atoms with van der Waals surface area (Å²) in [5.41, 5.74) is -0.904. The van der Waals surface area contributed by atoms with E-state index in [2.05, 4.69) is 5.32 Å². The molecule has 0 heterocycles. The molecule has 0 saturated heterocycles. The number of carbonyl (C=O) groups excluding carboxylic acids is 1. The van der Waals surface area contributed by atoms with Gasteiger partial charge < -0.3 is 10.4 Å². The van der Waals surface area contributed by atoms with E-state index in [-0.39, 0.29) is 5.91 Å². The molecule has 0 aromatic rings. The second-order valence-electron chi connectivity index (χ2n) is 3.77. The molecule has 5 heteroatoms. The number of amides is 1. The van der Waals surface area contributed by atoms with E-state index < -0.39 is 11.5 Å². The molecule has 0 aromatic carbocycles. The van der Waals surface area contributed by atoms with Crippen LogP contribution in [0.3, 0.4) is 0 Å². The van der Waals surface area contributed by atoms with Crippen molar-refractivity contribution >= 4 is 11.9 Å². The van der Waals surface area contributed by atoms with Gasteiger partial charge in [0, 0.05) is 20.0 Å². The van der Waals surface area contributed by atoms with Gasteiger partial charge in [-0.2, -0.15) is 0 Å². The molecule has 0 atom stereocenters. The Morgan fingerprint density at radius 1 is 1.43 bits per heavy atom. The fraction of sp³-hybridized carbons (Fsp3) is 0.778. The molecule has 1 amide bonds. The fourth-order valence-electron chi connectivity index (χ4n) is 0.842. The van der Waals surface area contributed by atoms with Crippen molar-refractivity contribution in [2.45, 2.75) is 26.3 Å². The van der Waals surface area contributed by atoms with E-state index in [0.29, 0.717) is 13.1 Å². The minimum Gasteiger partial charge on any atom is -0.480 e. The van der Waals surface area contributed by atoms with Gasteiger partial charge in [-0.3, -0.25) is 14.5 Å². The first-order valence-electron chi connectivity index (χ1n) is 4.47. The minimum absolute atomic E-state index is 0.105. The van der Waals surface area contributed by atoms with Gasteiger partial charge in [-0.1, -0.05) is 0 Å². The Labute approximate surface area is 84.1 Å². The molecule has 0 rings (SSSR count). The van der Waals surface area contributed by atoms with Crippen molar-refractivity contribution in [1.29, 1.82) is 0 Å². The zero-order chi connectivity index (χ0) is 11.4. The zero-order valence-corrected chi connectivity index (χ0v) is 9.13. The third-order valence-electron chi connectivity index (χ3n) is 2.30. The molecule has 0 spiro atoms. The van der Waals surface area contributed by atoms with Crippen LogP contribution in [0, 0.1) is 0 Å². The maximum absolute atomic E-state index is 10.8. The number of carboxylic acids is 1. The predicted octanol–water partition coefficient (Wildman–Crippen LogP) is -0.0825. The molecule has 0 aliphatic carbocycles. The van der Waals surface area contributed by atoms with Crippen LogP contribution in [0.1, 0.15) is 20.8 Å². The largest absolute Gasteiger partial charge is 0.480 e. The molecule has 82 valence electrons. The van der Waals surface area contributed by atoms with E-state index in [0.717, 1.165) is 0 Å². The van der Waals surface area contributed by atoms with Crippen LogP contribution in [0.4, 0.5) is 0 Å². The van der Waals surface area contributed by atoms with Gasteiger partial charge in [-0.15, -0.1) is 0 Å². The number of likely N-dealkylation sites (N-methyl/N-ethyl adjacent to an activating group) is 1. The molecule has 0 aromatic heterocycles. The van der Waals surface area contributed by atoms with Gasteiger partial charge in [0.2, 0.25) is 5.91 Å². The molecule has 0 saturated carbocycles. The van der Waals surface area contributed by atoms with Gasteiger partial charge >= 0.3 is 5.97 Å². The standard InChI is InChI=1S/C9H18N2O3/c1-7(12)10-5-6-11(4)9(2,3)8(13)14/h5-6H2,1-4H3,(H,10,12)(H,13,14). The monoisotopic (exact) mass is 202 g/mol. The van der Waals surface area contributed by atoms with Gasteiger partial charge in [0.15, 0.2) is 0 Å². The summed E-state index contributed by atoms with van der Waals surface area (Å²) < 4.78 is 0. The van der Waals surface area contributed by atoms with Crippen molar-refractivity contribution in [3.63, 3.8) is 0 Å². The van der Waals surface area contributed by atoms with Gasteiger partial charge in [-0.25, -0.2) is 0 Å². The van der Waals surface area contributed by atoms with Gasteiger partial charge in [0.05, 0.1) is 0 Å². The lowest BCUT2D eigenvalue weighted by Gasteiger charge is -2.31. The molecule has 2 N–H and O–H groups in total. The van der Waals surface area contributed by atoms with E-state index in [1.807, 2.05) is 0 Å².